The first-order valence-corrected chi connectivity index (χ1v) is 8.90. The Bertz CT molecular complexity index is 831. The number of halogens is 2. The lowest BCUT2D eigenvalue weighted by Crippen LogP contribution is -2.44. The normalized spacial score (nSPS) is 17.4. The van der Waals surface area contributed by atoms with Crippen LogP contribution in [0.4, 0.5) is 4.79 Å². The molecule has 138 valence electrons. The van der Waals surface area contributed by atoms with E-state index >= 15 is 0 Å². The standard InChI is InChI=1S/C18H18Cl2N2O4/c19-15-7-12(8-21-17(15)20)16(24)9-22(18(25)26)13-3-1-10-2-4-14(23)6-11(10)5-13/h2,4,6-8,13,16,23-24H,1,3,5,9H2,(H,25,26)/t13-,16+/m0/s1. The Morgan fingerprint density at radius 2 is 2.08 bits per heavy atom. The lowest BCUT2D eigenvalue weighted by atomic mass is 9.87. The highest BCUT2D eigenvalue weighted by Gasteiger charge is 2.30. The second-order valence-corrected chi connectivity index (χ2v) is 7.11. The molecule has 2 aromatic rings. The van der Waals surface area contributed by atoms with Crippen LogP contribution in [0.15, 0.2) is 30.5 Å². The van der Waals surface area contributed by atoms with Gasteiger partial charge in [0.1, 0.15) is 10.9 Å². The van der Waals surface area contributed by atoms with Gasteiger partial charge in [-0.05, 0) is 48.6 Å². The molecule has 2 atom stereocenters. The summed E-state index contributed by atoms with van der Waals surface area (Å²) in [5.41, 5.74) is 2.44. The number of hydrogen-bond acceptors (Lipinski definition) is 4. The molecule has 1 aromatic carbocycles. The quantitative estimate of drug-likeness (QED) is 0.685. The minimum Gasteiger partial charge on any atom is -0.508 e. The van der Waals surface area contributed by atoms with E-state index in [-0.39, 0.29) is 28.5 Å². The van der Waals surface area contributed by atoms with Gasteiger partial charge < -0.3 is 20.2 Å². The third-order valence-corrected chi connectivity index (χ3v) is 5.34. The average Bonchev–Trinajstić information content (AvgIpc) is 2.60. The second-order valence-electron chi connectivity index (χ2n) is 6.34. The van der Waals surface area contributed by atoms with E-state index in [1.54, 1.807) is 12.1 Å². The molecule has 8 heteroatoms. The summed E-state index contributed by atoms with van der Waals surface area (Å²) in [6.07, 6.45) is 1.06. The Morgan fingerprint density at radius 3 is 2.77 bits per heavy atom. The Morgan fingerprint density at radius 1 is 1.31 bits per heavy atom. The van der Waals surface area contributed by atoms with Crippen molar-refractivity contribution >= 4 is 29.3 Å². The predicted molar refractivity (Wildman–Crippen MR) is 97.9 cm³/mol. The number of rotatable bonds is 4. The molecule has 0 saturated carbocycles. The summed E-state index contributed by atoms with van der Waals surface area (Å²) in [6, 6.07) is 6.36. The number of aliphatic hydroxyl groups excluding tert-OH is 1. The number of phenols is 1. The van der Waals surface area contributed by atoms with E-state index in [9.17, 15) is 20.1 Å². The molecule has 3 rings (SSSR count). The molecule has 6 nitrogen and oxygen atoms in total. The van der Waals surface area contributed by atoms with Crippen molar-refractivity contribution in [2.45, 2.75) is 31.4 Å². The zero-order valence-corrected chi connectivity index (χ0v) is 15.3. The summed E-state index contributed by atoms with van der Waals surface area (Å²) in [6.45, 7) is -0.103. The van der Waals surface area contributed by atoms with Crippen molar-refractivity contribution in [1.29, 1.82) is 0 Å². The Balaban J connectivity index is 1.77. The Kier molecular flexibility index (Phi) is 5.55. The van der Waals surface area contributed by atoms with Gasteiger partial charge >= 0.3 is 6.09 Å². The molecular weight excluding hydrogens is 379 g/mol. The van der Waals surface area contributed by atoms with Crippen LogP contribution in [0.25, 0.3) is 0 Å². The van der Waals surface area contributed by atoms with Crippen molar-refractivity contribution in [2.24, 2.45) is 0 Å². The van der Waals surface area contributed by atoms with Crippen molar-refractivity contribution in [1.82, 2.24) is 9.88 Å². The van der Waals surface area contributed by atoms with Crippen LogP contribution in [0, 0.1) is 0 Å². The third kappa shape index (κ3) is 4.03. The molecule has 0 bridgehead atoms. The van der Waals surface area contributed by atoms with Gasteiger partial charge in [-0.1, -0.05) is 29.3 Å². The van der Waals surface area contributed by atoms with Gasteiger partial charge in [-0.3, -0.25) is 0 Å². The number of hydrogen-bond donors (Lipinski definition) is 3. The molecule has 0 saturated heterocycles. The first-order valence-electron chi connectivity index (χ1n) is 8.14. The van der Waals surface area contributed by atoms with Gasteiger partial charge in [-0.15, -0.1) is 0 Å². The maximum atomic E-state index is 11.8. The van der Waals surface area contributed by atoms with E-state index in [4.69, 9.17) is 23.2 Å². The fraction of sp³-hybridized carbons (Fsp3) is 0.333. The summed E-state index contributed by atoms with van der Waals surface area (Å²) in [7, 11) is 0. The summed E-state index contributed by atoms with van der Waals surface area (Å²) < 4.78 is 0. The lowest BCUT2D eigenvalue weighted by molar-refractivity contribution is 0.0725. The van der Waals surface area contributed by atoms with Gasteiger partial charge in [-0.25, -0.2) is 9.78 Å². The molecule has 0 spiro atoms. The molecule has 1 amide bonds. The van der Waals surface area contributed by atoms with E-state index < -0.39 is 12.2 Å². The summed E-state index contributed by atoms with van der Waals surface area (Å²) in [4.78, 5) is 16.9. The molecule has 0 radical (unpaired) electrons. The largest absolute Gasteiger partial charge is 0.508 e. The van der Waals surface area contributed by atoms with Crippen molar-refractivity contribution in [3.8, 4) is 5.75 Å². The van der Waals surface area contributed by atoms with Crippen LogP contribution in [0.1, 0.15) is 29.2 Å². The molecule has 0 fully saturated rings. The number of carboxylic acid groups (broad SMARTS) is 1. The summed E-state index contributed by atoms with van der Waals surface area (Å²) >= 11 is 11.7. The van der Waals surface area contributed by atoms with Crippen LogP contribution in [-0.2, 0) is 12.8 Å². The third-order valence-electron chi connectivity index (χ3n) is 4.65. The van der Waals surface area contributed by atoms with E-state index in [1.165, 1.54) is 17.2 Å². The van der Waals surface area contributed by atoms with E-state index in [1.807, 2.05) is 6.07 Å². The van der Waals surface area contributed by atoms with E-state index in [0.29, 0.717) is 24.8 Å². The van der Waals surface area contributed by atoms with Gasteiger partial charge in [-0.2, -0.15) is 0 Å². The van der Waals surface area contributed by atoms with Gasteiger partial charge in [0.05, 0.1) is 17.7 Å². The highest BCUT2D eigenvalue weighted by Crippen LogP contribution is 2.29. The van der Waals surface area contributed by atoms with E-state index in [0.717, 1.165) is 11.1 Å². The lowest BCUT2D eigenvalue weighted by Gasteiger charge is -2.34. The zero-order valence-electron chi connectivity index (χ0n) is 13.8. The number of aromatic hydroxyl groups is 1. The Hall–Kier alpha value is -2.02. The monoisotopic (exact) mass is 396 g/mol. The molecule has 1 aliphatic carbocycles. The number of nitrogens with zero attached hydrogens (tertiary/aromatic N) is 2. The predicted octanol–water partition coefficient (Wildman–Crippen LogP) is 3.66. The maximum Gasteiger partial charge on any atom is 0.407 e. The minimum absolute atomic E-state index is 0.103. The molecule has 1 aliphatic rings. The minimum atomic E-state index is -1.11. The van der Waals surface area contributed by atoms with Crippen molar-refractivity contribution in [3.05, 3.63) is 57.3 Å². The number of carbonyl (C=O) groups is 1. The van der Waals surface area contributed by atoms with Gasteiger partial charge in [0.25, 0.3) is 0 Å². The summed E-state index contributed by atoms with van der Waals surface area (Å²) in [5.74, 6) is 0.160. The highest BCUT2D eigenvalue weighted by molar-refractivity contribution is 6.41. The SMILES string of the molecule is O=C(O)N(C[C@@H](O)c1cnc(Cl)c(Cl)c1)[C@H]1CCc2ccc(O)cc2C1. The van der Waals surface area contributed by atoms with Crippen molar-refractivity contribution < 1.29 is 20.1 Å². The van der Waals surface area contributed by atoms with Crippen LogP contribution in [0.3, 0.4) is 0 Å². The number of pyridine rings is 1. The van der Waals surface area contributed by atoms with Gasteiger partial charge in [0, 0.05) is 17.8 Å². The van der Waals surface area contributed by atoms with Gasteiger partial charge in [0.15, 0.2) is 0 Å². The number of aryl methyl sites for hydroxylation is 1. The number of benzene rings is 1. The van der Waals surface area contributed by atoms with Crippen LogP contribution < -0.4 is 0 Å². The molecule has 3 N–H and O–H groups in total. The molecule has 26 heavy (non-hydrogen) atoms. The number of aliphatic hydroxyl groups is 1. The summed E-state index contributed by atoms with van der Waals surface area (Å²) in [5, 5.41) is 30.1. The van der Waals surface area contributed by atoms with Crippen LogP contribution in [0.2, 0.25) is 10.2 Å². The number of amides is 1. The first kappa shape index (κ1) is 18.8. The number of fused-ring (bicyclic) bond motifs is 1. The molecule has 1 heterocycles. The van der Waals surface area contributed by atoms with Crippen molar-refractivity contribution in [2.75, 3.05) is 6.54 Å². The second kappa shape index (κ2) is 7.70. The topological polar surface area (TPSA) is 93.9 Å². The van der Waals surface area contributed by atoms with Crippen LogP contribution >= 0.6 is 23.2 Å². The Labute approximate surface area is 160 Å². The fourth-order valence-corrected chi connectivity index (χ4v) is 3.56. The number of aromatic nitrogens is 1. The zero-order chi connectivity index (χ0) is 18.8. The van der Waals surface area contributed by atoms with Crippen LogP contribution in [0.5, 0.6) is 5.75 Å². The van der Waals surface area contributed by atoms with Crippen molar-refractivity contribution in [3.63, 3.8) is 0 Å². The van der Waals surface area contributed by atoms with Crippen LogP contribution in [-0.4, -0.2) is 43.9 Å². The highest BCUT2D eigenvalue weighted by atomic mass is 35.5. The molecule has 0 unspecified atom stereocenters. The molecule has 0 aliphatic heterocycles. The average molecular weight is 397 g/mol. The van der Waals surface area contributed by atoms with Gasteiger partial charge in [0.2, 0.25) is 0 Å². The fourth-order valence-electron chi connectivity index (χ4n) is 3.28. The smallest absolute Gasteiger partial charge is 0.407 e. The maximum absolute atomic E-state index is 11.8. The molecular formula is C18H18Cl2N2O4. The van der Waals surface area contributed by atoms with E-state index in [2.05, 4.69) is 4.98 Å². The molecule has 1 aromatic heterocycles. The first-order chi connectivity index (χ1) is 12.3. The number of phenolic OH excluding ortho intramolecular Hbond substituents is 1.